The van der Waals surface area contributed by atoms with Gasteiger partial charge in [-0.2, -0.15) is 0 Å². The molecule has 1 amide bonds. The average molecular weight is 321 g/mol. The third-order valence-corrected chi connectivity index (χ3v) is 2.82. The molecule has 19 heavy (non-hydrogen) atoms. The molecule has 0 aliphatic heterocycles. The van der Waals surface area contributed by atoms with E-state index in [2.05, 4.69) is 26.2 Å². The number of anilines is 1. The highest BCUT2D eigenvalue weighted by Crippen LogP contribution is 2.16. The largest absolute Gasteiger partial charge is 0.478 e. The zero-order valence-electron chi connectivity index (χ0n) is 9.63. The van der Waals surface area contributed by atoms with Crippen LogP contribution in [0, 0.1) is 0 Å². The monoisotopic (exact) mass is 320 g/mol. The molecule has 2 rings (SSSR count). The van der Waals surface area contributed by atoms with E-state index in [0.717, 1.165) is 4.47 Å². The molecular weight excluding hydrogens is 312 g/mol. The van der Waals surface area contributed by atoms with Crippen molar-refractivity contribution in [3.8, 4) is 0 Å². The van der Waals surface area contributed by atoms with Gasteiger partial charge in [0.05, 0.1) is 11.1 Å². The summed E-state index contributed by atoms with van der Waals surface area (Å²) >= 11 is 3.30. The summed E-state index contributed by atoms with van der Waals surface area (Å²) < 4.78 is 0.836. The molecule has 5 nitrogen and oxygen atoms in total. The molecule has 1 heterocycles. The lowest BCUT2D eigenvalue weighted by molar-refractivity contribution is 0.0696. The minimum Gasteiger partial charge on any atom is -0.478 e. The van der Waals surface area contributed by atoms with Gasteiger partial charge in [0.1, 0.15) is 0 Å². The number of amides is 1. The molecule has 0 bridgehead atoms. The van der Waals surface area contributed by atoms with Crippen molar-refractivity contribution < 1.29 is 14.7 Å². The number of carbonyl (C=O) groups is 2. The van der Waals surface area contributed by atoms with Gasteiger partial charge in [0.25, 0.3) is 5.91 Å². The SMILES string of the molecule is O=C(O)c1cncc(C(=O)Nc2cccc(Br)c2)c1. The summed E-state index contributed by atoms with van der Waals surface area (Å²) in [5.41, 5.74) is 0.780. The number of nitrogens with zero attached hydrogens (tertiary/aromatic N) is 1. The lowest BCUT2D eigenvalue weighted by atomic mass is 10.2. The Labute approximate surface area is 117 Å². The van der Waals surface area contributed by atoms with Gasteiger partial charge >= 0.3 is 5.97 Å². The van der Waals surface area contributed by atoms with E-state index in [0.29, 0.717) is 5.69 Å². The highest BCUT2D eigenvalue weighted by molar-refractivity contribution is 9.10. The summed E-state index contributed by atoms with van der Waals surface area (Å²) in [6.45, 7) is 0. The summed E-state index contributed by atoms with van der Waals surface area (Å²) in [5, 5.41) is 11.5. The van der Waals surface area contributed by atoms with Crippen LogP contribution < -0.4 is 5.32 Å². The Balaban J connectivity index is 2.20. The third-order valence-electron chi connectivity index (χ3n) is 2.33. The van der Waals surface area contributed by atoms with Crippen LogP contribution in [0.1, 0.15) is 20.7 Å². The van der Waals surface area contributed by atoms with Gasteiger partial charge in [-0.05, 0) is 24.3 Å². The number of halogens is 1. The number of nitrogens with one attached hydrogen (secondary N) is 1. The molecule has 0 fully saturated rings. The molecule has 2 N–H and O–H groups in total. The van der Waals surface area contributed by atoms with Crippen LogP contribution in [-0.4, -0.2) is 22.0 Å². The fourth-order valence-corrected chi connectivity index (χ4v) is 1.85. The molecule has 0 atom stereocenters. The predicted octanol–water partition coefficient (Wildman–Crippen LogP) is 2.79. The van der Waals surface area contributed by atoms with E-state index in [1.54, 1.807) is 18.2 Å². The van der Waals surface area contributed by atoms with Crippen molar-refractivity contribution in [2.24, 2.45) is 0 Å². The highest BCUT2D eigenvalue weighted by Gasteiger charge is 2.10. The van der Waals surface area contributed by atoms with Crippen LogP contribution in [0.5, 0.6) is 0 Å². The summed E-state index contributed by atoms with van der Waals surface area (Å²) in [7, 11) is 0. The molecule has 0 radical (unpaired) electrons. The molecule has 1 aromatic heterocycles. The van der Waals surface area contributed by atoms with Crippen LogP contribution in [-0.2, 0) is 0 Å². The molecule has 0 aliphatic rings. The van der Waals surface area contributed by atoms with E-state index in [4.69, 9.17) is 5.11 Å². The zero-order valence-corrected chi connectivity index (χ0v) is 11.2. The average Bonchev–Trinajstić information content (AvgIpc) is 2.39. The molecular formula is C13H9BrN2O3. The Hall–Kier alpha value is -2.21. The predicted molar refractivity (Wildman–Crippen MR) is 73.3 cm³/mol. The first kappa shape index (κ1) is 13.2. The van der Waals surface area contributed by atoms with Gasteiger partial charge in [-0.15, -0.1) is 0 Å². The first-order valence-corrected chi connectivity index (χ1v) is 6.11. The van der Waals surface area contributed by atoms with Crippen molar-refractivity contribution >= 4 is 33.5 Å². The smallest absolute Gasteiger partial charge is 0.337 e. The number of hydrogen-bond donors (Lipinski definition) is 2. The van der Waals surface area contributed by atoms with E-state index < -0.39 is 11.9 Å². The molecule has 0 unspecified atom stereocenters. The number of hydrogen-bond acceptors (Lipinski definition) is 3. The zero-order chi connectivity index (χ0) is 13.8. The van der Waals surface area contributed by atoms with Crippen molar-refractivity contribution in [1.82, 2.24) is 4.98 Å². The lowest BCUT2D eigenvalue weighted by Crippen LogP contribution is -2.13. The first-order chi connectivity index (χ1) is 9.06. The Morgan fingerprint density at radius 2 is 1.89 bits per heavy atom. The number of carboxylic acids is 1. The Bertz CT molecular complexity index is 643. The molecule has 0 saturated carbocycles. The maximum atomic E-state index is 11.9. The molecule has 0 saturated heterocycles. The van der Waals surface area contributed by atoms with E-state index in [9.17, 15) is 9.59 Å². The van der Waals surface area contributed by atoms with Crippen LogP contribution >= 0.6 is 15.9 Å². The van der Waals surface area contributed by atoms with Gasteiger partial charge < -0.3 is 10.4 Å². The topological polar surface area (TPSA) is 79.3 Å². The van der Waals surface area contributed by atoms with Crippen molar-refractivity contribution in [2.45, 2.75) is 0 Å². The second-order valence-corrected chi connectivity index (χ2v) is 4.65. The third kappa shape index (κ3) is 3.38. The molecule has 96 valence electrons. The van der Waals surface area contributed by atoms with Gasteiger partial charge in [-0.3, -0.25) is 9.78 Å². The number of carbonyl (C=O) groups excluding carboxylic acids is 1. The Morgan fingerprint density at radius 1 is 1.16 bits per heavy atom. The van der Waals surface area contributed by atoms with Crippen LogP contribution in [0.25, 0.3) is 0 Å². The molecule has 2 aromatic rings. The van der Waals surface area contributed by atoms with Crippen LogP contribution in [0.4, 0.5) is 5.69 Å². The number of aromatic nitrogens is 1. The van der Waals surface area contributed by atoms with Crippen LogP contribution in [0.3, 0.4) is 0 Å². The maximum Gasteiger partial charge on any atom is 0.337 e. The number of rotatable bonds is 3. The van der Waals surface area contributed by atoms with E-state index in [-0.39, 0.29) is 11.1 Å². The van der Waals surface area contributed by atoms with Crippen molar-refractivity contribution in [2.75, 3.05) is 5.32 Å². The summed E-state index contributed by atoms with van der Waals surface area (Å²) in [6.07, 6.45) is 2.51. The molecule has 0 spiro atoms. The fourth-order valence-electron chi connectivity index (χ4n) is 1.45. The van der Waals surface area contributed by atoms with E-state index in [1.807, 2.05) is 6.07 Å². The number of pyridine rings is 1. The van der Waals surface area contributed by atoms with E-state index >= 15 is 0 Å². The summed E-state index contributed by atoms with van der Waals surface area (Å²) in [5.74, 6) is -1.53. The second kappa shape index (κ2) is 5.62. The Kier molecular flexibility index (Phi) is 3.91. The number of aromatic carboxylic acids is 1. The van der Waals surface area contributed by atoms with Crippen molar-refractivity contribution in [1.29, 1.82) is 0 Å². The maximum absolute atomic E-state index is 11.9. The quantitative estimate of drug-likeness (QED) is 0.911. The Morgan fingerprint density at radius 3 is 2.58 bits per heavy atom. The van der Waals surface area contributed by atoms with Crippen LogP contribution in [0.15, 0.2) is 47.2 Å². The van der Waals surface area contributed by atoms with Gasteiger partial charge in [0.2, 0.25) is 0 Å². The van der Waals surface area contributed by atoms with Crippen molar-refractivity contribution in [3.63, 3.8) is 0 Å². The van der Waals surface area contributed by atoms with Gasteiger partial charge in [0.15, 0.2) is 0 Å². The summed E-state index contributed by atoms with van der Waals surface area (Å²) in [4.78, 5) is 26.5. The molecule has 6 heteroatoms. The van der Waals surface area contributed by atoms with Crippen molar-refractivity contribution in [3.05, 3.63) is 58.3 Å². The molecule has 0 aliphatic carbocycles. The highest BCUT2D eigenvalue weighted by atomic mass is 79.9. The normalized spacial score (nSPS) is 9.95. The van der Waals surface area contributed by atoms with Gasteiger partial charge in [-0.1, -0.05) is 22.0 Å². The minimum atomic E-state index is -1.12. The van der Waals surface area contributed by atoms with E-state index in [1.165, 1.54) is 18.5 Å². The first-order valence-electron chi connectivity index (χ1n) is 5.31. The number of benzene rings is 1. The van der Waals surface area contributed by atoms with Gasteiger partial charge in [0, 0.05) is 22.6 Å². The second-order valence-electron chi connectivity index (χ2n) is 3.73. The minimum absolute atomic E-state index is 0.0260. The standard InChI is InChI=1S/C13H9BrN2O3/c14-10-2-1-3-11(5-10)16-12(17)8-4-9(13(18)19)7-15-6-8/h1-7H,(H,16,17)(H,18,19). The van der Waals surface area contributed by atoms with Crippen LogP contribution in [0.2, 0.25) is 0 Å². The fraction of sp³-hybridized carbons (Fsp3) is 0. The number of carboxylic acid groups (broad SMARTS) is 1. The van der Waals surface area contributed by atoms with Gasteiger partial charge in [-0.25, -0.2) is 4.79 Å². The lowest BCUT2D eigenvalue weighted by Gasteiger charge is -2.05. The summed E-state index contributed by atoms with van der Waals surface area (Å²) in [6, 6.07) is 8.38. The molecule has 1 aromatic carbocycles.